The molecule has 0 N–H and O–H groups in total. The molecule has 39 heavy (non-hydrogen) atoms. The second kappa shape index (κ2) is 14.9. The van der Waals surface area contributed by atoms with Crippen molar-refractivity contribution in [2.24, 2.45) is 0 Å². The van der Waals surface area contributed by atoms with Crippen molar-refractivity contribution in [3.05, 3.63) is 87.4 Å². The molecule has 3 aromatic carbocycles. The summed E-state index contributed by atoms with van der Waals surface area (Å²) in [5.74, 6) is -1.30. The van der Waals surface area contributed by atoms with Crippen LogP contribution in [0.3, 0.4) is 0 Å². The quantitative estimate of drug-likeness (QED) is 0.196. The minimum absolute atomic E-state index is 0. The van der Waals surface area contributed by atoms with E-state index in [4.69, 9.17) is 37.5 Å². The first kappa shape index (κ1) is 31.2. The fourth-order valence-electron chi connectivity index (χ4n) is 3.98. The predicted molar refractivity (Wildman–Crippen MR) is 139 cm³/mol. The van der Waals surface area contributed by atoms with Gasteiger partial charge in [0.15, 0.2) is 0 Å². The van der Waals surface area contributed by atoms with Crippen LogP contribution in [-0.2, 0) is 16.1 Å². The second-order valence-corrected chi connectivity index (χ2v) is 9.46. The van der Waals surface area contributed by atoms with E-state index in [9.17, 15) is 19.1 Å². The van der Waals surface area contributed by atoms with Gasteiger partial charge in [-0.3, -0.25) is 14.0 Å². The number of benzene rings is 3. The van der Waals surface area contributed by atoms with E-state index in [-0.39, 0.29) is 72.4 Å². The molecule has 11 heteroatoms. The van der Waals surface area contributed by atoms with Gasteiger partial charge in [0, 0.05) is 40.5 Å². The van der Waals surface area contributed by atoms with E-state index in [0.717, 1.165) is 5.56 Å². The molecular weight excluding hydrogens is 559 g/mol. The van der Waals surface area contributed by atoms with Crippen LogP contribution >= 0.6 is 23.2 Å². The minimum Gasteiger partial charge on any atom is -0.549 e. The van der Waals surface area contributed by atoms with Gasteiger partial charge >= 0.3 is 29.6 Å². The summed E-state index contributed by atoms with van der Waals surface area (Å²) in [4.78, 5) is 30.1. The van der Waals surface area contributed by atoms with Crippen molar-refractivity contribution in [3.8, 4) is 17.2 Å². The minimum atomic E-state index is -1.18. The van der Waals surface area contributed by atoms with Gasteiger partial charge in [-0.1, -0.05) is 35.3 Å². The van der Waals surface area contributed by atoms with Crippen LogP contribution in [-0.4, -0.2) is 43.4 Å². The first-order valence-corrected chi connectivity index (χ1v) is 12.8. The van der Waals surface area contributed by atoms with E-state index in [1.807, 2.05) is 12.1 Å². The van der Waals surface area contributed by atoms with E-state index in [0.29, 0.717) is 40.5 Å². The molecule has 3 aromatic rings. The SMILES string of the molecule is O=C([O-])C1CCOc2cc(Oc3ccc(C(=O)N(CCc4ccc(Cl)cc4)OCCCF)cc3)c(Cl)cc21.[Na+]. The normalized spacial score (nSPS) is 14.0. The first-order valence-electron chi connectivity index (χ1n) is 12.1. The second-order valence-electron chi connectivity index (χ2n) is 8.62. The van der Waals surface area contributed by atoms with Gasteiger partial charge in [-0.15, -0.1) is 0 Å². The van der Waals surface area contributed by atoms with Crippen LogP contribution in [0.5, 0.6) is 17.2 Å². The number of amides is 1. The third kappa shape index (κ3) is 8.33. The molecule has 1 unspecified atom stereocenters. The van der Waals surface area contributed by atoms with Crippen molar-refractivity contribution in [1.82, 2.24) is 5.06 Å². The number of hydrogen-bond donors (Lipinski definition) is 0. The van der Waals surface area contributed by atoms with Crippen molar-refractivity contribution < 1.29 is 63.0 Å². The molecule has 0 spiro atoms. The van der Waals surface area contributed by atoms with Crippen LogP contribution in [0.2, 0.25) is 10.0 Å². The summed E-state index contributed by atoms with van der Waals surface area (Å²) < 4.78 is 24.1. The van der Waals surface area contributed by atoms with Gasteiger partial charge in [0.25, 0.3) is 5.91 Å². The number of alkyl halides is 1. The van der Waals surface area contributed by atoms with Crippen LogP contribution in [0.15, 0.2) is 60.7 Å². The van der Waals surface area contributed by atoms with E-state index < -0.39 is 18.6 Å². The van der Waals surface area contributed by atoms with Crippen LogP contribution in [0.1, 0.15) is 40.2 Å². The van der Waals surface area contributed by atoms with Crippen molar-refractivity contribution in [1.29, 1.82) is 0 Å². The van der Waals surface area contributed by atoms with Crippen LogP contribution in [0.25, 0.3) is 0 Å². The average Bonchev–Trinajstić information content (AvgIpc) is 2.91. The molecule has 0 saturated heterocycles. The predicted octanol–water partition coefficient (Wildman–Crippen LogP) is 2.38. The molecular formula is C28H25Cl2FNNaO6. The van der Waals surface area contributed by atoms with Gasteiger partial charge in [-0.05, 0) is 60.9 Å². The number of fused-ring (bicyclic) bond motifs is 1. The Balaban J connectivity index is 0.00000420. The zero-order valence-corrected chi connectivity index (χ0v) is 24.8. The molecule has 0 saturated carbocycles. The molecule has 1 heterocycles. The number of carboxylic acid groups (broad SMARTS) is 1. The number of carbonyl (C=O) groups is 2. The van der Waals surface area contributed by atoms with Crippen molar-refractivity contribution in [2.75, 3.05) is 26.4 Å². The Labute approximate surface area is 258 Å². The molecule has 4 rings (SSSR count). The van der Waals surface area contributed by atoms with Gasteiger partial charge < -0.3 is 19.4 Å². The molecule has 1 atom stereocenters. The van der Waals surface area contributed by atoms with Crippen LogP contribution in [0, 0.1) is 0 Å². The Hall–Kier alpha value is -2.33. The number of nitrogens with zero attached hydrogens (tertiary/aromatic N) is 1. The van der Waals surface area contributed by atoms with Gasteiger partial charge in [-0.2, -0.15) is 0 Å². The third-order valence-corrected chi connectivity index (χ3v) is 6.53. The number of carboxylic acids is 1. The summed E-state index contributed by atoms with van der Waals surface area (Å²) in [6.45, 7) is 0.0329. The number of hydrogen-bond acceptors (Lipinski definition) is 6. The maximum absolute atomic E-state index is 13.1. The molecule has 0 fully saturated rings. The third-order valence-electron chi connectivity index (χ3n) is 5.99. The standard InChI is InChI=1S/C28H26Cl2FNO6.Na/c29-20-6-2-18(3-7-20)10-13-32(37-14-1-12-31)27(33)19-4-8-21(9-5-19)38-26-17-25-23(16-24(26)30)22(28(34)35)11-15-36-25;/h2-9,16-17,22H,1,10-15H2,(H,34,35);/q;+1/p-1. The topological polar surface area (TPSA) is 88.1 Å². The summed E-state index contributed by atoms with van der Waals surface area (Å²) in [6, 6.07) is 16.7. The summed E-state index contributed by atoms with van der Waals surface area (Å²) in [5, 5.41) is 13.5. The molecule has 0 aliphatic carbocycles. The largest absolute Gasteiger partial charge is 1.00 e. The Morgan fingerprint density at radius 1 is 1.08 bits per heavy atom. The first-order chi connectivity index (χ1) is 18.4. The monoisotopic (exact) mass is 583 g/mol. The van der Waals surface area contributed by atoms with Gasteiger partial charge in [-0.25, -0.2) is 5.06 Å². The summed E-state index contributed by atoms with van der Waals surface area (Å²) >= 11 is 12.3. The molecule has 1 aliphatic rings. The zero-order chi connectivity index (χ0) is 27.1. The number of ether oxygens (including phenoxy) is 2. The van der Waals surface area contributed by atoms with Crippen molar-refractivity contribution >= 4 is 35.1 Å². The Morgan fingerprint density at radius 3 is 2.46 bits per heavy atom. The average molecular weight is 584 g/mol. The van der Waals surface area contributed by atoms with Crippen LogP contribution in [0.4, 0.5) is 4.39 Å². The van der Waals surface area contributed by atoms with Gasteiger partial charge in [0.1, 0.15) is 17.2 Å². The summed E-state index contributed by atoms with van der Waals surface area (Å²) in [7, 11) is 0. The van der Waals surface area contributed by atoms with E-state index in [1.54, 1.807) is 42.5 Å². The smallest absolute Gasteiger partial charge is 0.549 e. The van der Waals surface area contributed by atoms with Crippen LogP contribution < -0.4 is 44.1 Å². The fraction of sp³-hybridized carbons (Fsp3) is 0.286. The summed E-state index contributed by atoms with van der Waals surface area (Å²) in [5.41, 5.74) is 1.77. The number of rotatable bonds is 11. The number of aliphatic carboxylic acids is 1. The number of carbonyl (C=O) groups excluding carboxylic acids is 2. The maximum Gasteiger partial charge on any atom is 1.00 e. The van der Waals surface area contributed by atoms with E-state index in [1.165, 1.54) is 11.1 Å². The molecule has 0 radical (unpaired) electrons. The molecule has 1 aliphatic heterocycles. The molecule has 7 nitrogen and oxygen atoms in total. The molecule has 1 amide bonds. The fourth-order valence-corrected chi connectivity index (χ4v) is 4.32. The van der Waals surface area contributed by atoms with Gasteiger partial charge in [0.05, 0.1) is 31.5 Å². The van der Waals surface area contributed by atoms with Crippen molar-refractivity contribution in [3.63, 3.8) is 0 Å². The van der Waals surface area contributed by atoms with Crippen molar-refractivity contribution in [2.45, 2.75) is 25.2 Å². The maximum atomic E-state index is 13.1. The van der Waals surface area contributed by atoms with E-state index >= 15 is 0 Å². The Bertz CT molecular complexity index is 1280. The summed E-state index contributed by atoms with van der Waals surface area (Å²) in [6.07, 6.45) is 0.999. The Kier molecular flexibility index (Phi) is 11.9. The molecule has 0 aromatic heterocycles. The van der Waals surface area contributed by atoms with Gasteiger partial charge in [0.2, 0.25) is 0 Å². The molecule has 0 bridgehead atoms. The molecule has 200 valence electrons. The number of hydroxylamine groups is 2. The zero-order valence-electron chi connectivity index (χ0n) is 21.3. The Morgan fingerprint density at radius 2 is 1.79 bits per heavy atom. The van der Waals surface area contributed by atoms with E-state index in [2.05, 4.69) is 0 Å². The number of halogens is 3.